The Labute approximate surface area is 530 Å². The molecule has 0 radical (unpaired) electrons. The van der Waals surface area contributed by atoms with Gasteiger partial charge in [0.15, 0.2) is 12.1 Å². The van der Waals surface area contributed by atoms with Crippen LogP contribution in [0.25, 0.3) is 0 Å². The third-order valence-electron chi connectivity index (χ3n) is 14.3. The van der Waals surface area contributed by atoms with Crippen LogP contribution in [0.2, 0.25) is 0 Å². The van der Waals surface area contributed by atoms with Crippen molar-refractivity contribution in [2.24, 2.45) is 17.2 Å². The maximum atomic E-state index is 14.5. The normalized spacial score (nSPS) is 23.6. The van der Waals surface area contributed by atoms with Gasteiger partial charge in [-0.3, -0.25) is 47.9 Å². The lowest BCUT2D eigenvalue weighted by molar-refractivity contribution is -0.155. The number of aliphatic hydroxyl groups is 4. The summed E-state index contributed by atoms with van der Waals surface area (Å²) in [6, 6.07) is -15.5. The number of cyclic esters (lactones) is 1. The van der Waals surface area contributed by atoms with Crippen molar-refractivity contribution in [2.45, 2.75) is 216 Å². The second kappa shape index (κ2) is 45.6. The molecule has 0 spiro atoms. The van der Waals surface area contributed by atoms with Crippen LogP contribution >= 0.6 is 11.6 Å². The summed E-state index contributed by atoms with van der Waals surface area (Å²) < 4.78 is 5.35. The maximum absolute atomic E-state index is 14.5. The number of hydrogen-bond acceptors (Lipinski definition) is 21. The van der Waals surface area contributed by atoms with Gasteiger partial charge in [-0.1, -0.05) is 70.8 Å². The zero-order valence-corrected chi connectivity index (χ0v) is 53.2. The molecule has 1 fully saturated rings. The molecule has 1 unspecified atom stereocenters. The van der Waals surface area contributed by atoms with E-state index in [0.29, 0.717) is 32.2 Å². The van der Waals surface area contributed by atoms with Crippen LogP contribution in [-0.4, -0.2) is 233 Å². The Hall–Kier alpha value is -6.65. The van der Waals surface area contributed by atoms with Crippen molar-refractivity contribution in [1.82, 2.24) is 58.1 Å². The number of ether oxygens (including phenoxy) is 1. The van der Waals surface area contributed by atoms with Crippen molar-refractivity contribution in [2.75, 3.05) is 59.3 Å². The lowest BCUT2D eigenvalue weighted by atomic mass is 10.0. The number of aliphatic hydroxyl groups excluding tert-OH is 4. The Morgan fingerprint density at radius 3 is 1.70 bits per heavy atom. The first-order valence-electron chi connectivity index (χ1n) is 30.8. The highest BCUT2D eigenvalue weighted by Crippen LogP contribution is 2.14. The summed E-state index contributed by atoms with van der Waals surface area (Å²) >= 11 is 5.91. The fraction of sp³-hybridized carbons (Fsp3) is 0.754. The van der Waals surface area contributed by atoms with Gasteiger partial charge in [0.05, 0.1) is 37.0 Å². The highest BCUT2D eigenvalue weighted by Gasteiger charge is 2.41. The number of carbonyl (C=O) groups excluding carboxylic acids is 11. The van der Waals surface area contributed by atoms with E-state index in [2.05, 4.69) is 49.5 Å². The molecular formula is C57H101ClN14O18. The average Bonchev–Trinajstić information content (AvgIpc) is 1.95. The first-order valence-corrected chi connectivity index (χ1v) is 31.3. The number of nitrogens with one attached hydrogen (secondary N) is 10. The van der Waals surface area contributed by atoms with Crippen molar-refractivity contribution in [3.63, 3.8) is 0 Å². The highest BCUT2D eigenvalue weighted by molar-refractivity contribution is 6.18. The van der Waals surface area contributed by atoms with Gasteiger partial charge in [0.25, 0.3) is 5.91 Å². The third kappa shape index (κ3) is 31.9. The molecule has 0 aromatic heterocycles. The van der Waals surface area contributed by atoms with Gasteiger partial charge in [0, 0.05) is 6.54 Å². The summed E-state index contributed by atoms with van der Waals surface area (Å²) in [6.07, 6.45) is 1.52. The molecule has 1 saturated heterocycles. The first kappa shape index (κ1) is 81.4. The molecule has 21 N–H and O–H groups in total. The van der Waals surface area contributed by atoms with Gasteiger partial charge in [-0.15, -0.1) is 11.6 Å². The first-order chi connectivity index (χ1) is 42.7. The monoisotopic (exact) mass is 1300 g/mol. The number of allylic oxidation sites excluding steroid dienone is 1. The zero-order chi connectivity index (χ0) is 67.9. The van der Waals surface area contributed by atoms with Crippen LogP contribution in [-0.2, 0) is 62.3 Å². The molecule has 0 saturated carbocycles. The van der Waals surface area contributed by atoms with Gasteiger partial charge < -0.3 is 106 Å². The average molecular weight is 1310 g/mol. The fourth-order valence-corrected chi connectivity index (χ4v) is 9.27. The Morgan fingerprint density at radius 2 is 1.17 bits per heavy atom. The lowest BCUT2D eigenvalue weighted by Crippen LogP contribution is -2.62. The Morgan fingerprint density at radius 1 is 0.633 bits per heavy atom. The molecule has 1 rings (SSSR count). The zero-order valence-electron chi connectivity index (χ0n) is 52.5. The van der Waals surface area contributed by atoms with Crippen molar-refractivity contribution >= 4 is 82.6 Å². The number of nitrogens with zero attached hydrogens (tertiary/aromatic N) is 1. The molecule has 0 aliphatic carbocycles. The third-order valence-corrected chi connectivity index (χ3v) is 14.6. The number of carboxylic acid groups (broad SMARTS) is 1. The maximum Gasteiger partial charge on any atom is 0.335 e. The van der Waals surface area contributed by atoms with Crippen LogP contribution in [0, 0.1) is 0 Å². The van der Waals surface area contributed by atoms with Crippen LogP contribution in [0.5, 0.6) is 0 Å². The minimum atomic E-state index is -2.83. The van der Waals surface area contributed by atoms with E-state index in [0.717, 1.165) is 64.4 Å². The number of esters is 1. The van der Waals surface area contributed by atoms with Gasteiger partial charge in [0.1, 0.15) is 54.6 Å². The molecule has 32 nitrogen and oxygen atoms in total. The number of nitrogens with two attached hydrogens (primary N) is 3. The lowest BCUT2D eigenvalue weighted by Gasteiger charge is -2.29. The number of carbonyl (C=O) groups is 12. The topological polar surface area (TPSA) is 517 Å². The molecule has 0 aromatic carbocycles. The summed E-state index contributed by atoms with van der Waals surface area (Å²) in [5.74, 6) is -16.4. The van der Waals surface area contributed by atoms with Crippen molar-refractivity contribution < 1.29 is 87.8 Å². The molecule has 33 heteroatoms. The minimum Gasteiger partial charge on any atom is -0.479 e. The van der Waals surface area contributed by atoms with E-state index in [1.807, 2.05) is 29.6 Å². The number of aliphatic carboxylic acids is 1. The standard InChI is InChI=1S/C57H101ClN14O18/c1-6-8-9-10-11-12-13-14-15-20-34(74)29-43(77)63-40-32-90-57(89)45(41(75)31-58)70-55(86)46(47(78)56(87)88)71-48(79)35(7-2)64-54(85)44(33(3)73)69-51(82)38(23-26-61)66-49(80)36(21-16-17-24-59)65-52(83)39(30-42(76)62-27-18-19-28-72(4)5)68-50(81)37(22-25-60)67-53(40)84/h7,33-34,36-41,44-47,73-75,78H,6,8-32,59-61H2,1-5H3,(H,62,76)(H,63,77)(H,64,85)(H,65,83)(H,66,80)(H,67,84)(H,68,81)(H,69,82)(H,70,86)(H,71,79)(H,87,88)/b35-7+/t33-,34-,36-,37+,38-,39-,40-,41+,44-,45-,46-,47?/m0/s1. The Balaban J connectivity index is 4.12. The van der Waals surface area contributed by atoms with Gasteiger partial charge in [-0.05, 0) is 105 Å². The van der Waals surface area contributed by atoms with E-state index in [9.17, 15) is 83.1 Å². The van der Waals surface area contributed by atoms with E-state index < -0.39 is 175 Å². The second-order valence-corrected chi connectivity index (χ2v) is 22.6. The molecule has 90 heavy (non-hydrogen) atoms. The van der Waals surface area contributed by atoms with Gasteiger partial charge in [-0.25, -0.2) is 9.59 Å². The summed E-state index contributed by atoms with van der Waals surface area (Å²) in [4.78, 5) is 168. The van der Waals surface area contributed by atoms with Gasteiger partial charge >= 0.3 is 11.9 Å². The number of alkyl halides is 1. The molecule has 12 atom stereocenters. The molecule has 514 valence electrons. The van der Waals surface area contributed by atoms with E-state index in [-0.39, 0.29) is 58.3 Å². The summed E-state index contributed by atoms with van der Waals surface area (Å²) in [7, 11) is 3.73. The van der Waals surface area contributed by atoms with Crippen molar-refractivity contribution in [3.8, 4) is 0 Å². The SMILES string of the molecule is C/C=C1/NC(=O)[C@H]([C@H](C)O)NC(=O)[C@H](CCN)NC(=O)[C@H](CCCCN)NC(=O)[C@H](CC(=O)NCCCCN(C)C)NC(=O)[C@@H](CCN)NC(=O)[C@@H](NC(=O)C[C@@H](O)CCCCCCCCCCC)COC(=O)[C@H]([C@H](O)CCl)NC(=O)[C@H](C(O)C(=O)O)NC1=O. The van der Waals surface area contributed by atoms with E-state index in [1.165, 1.54) is 6.92 Å². The van der Waals surface area contributed by atoms with Crippen LogP contribution in [0.4, 0.5) is 0 Å². The smallest absolute Gasteiger partial charge is 0.335 e. The van der Waals surface area contributed by atoms with Gasteiger partial charge in [0.2, 0.25) is 53.2 Å². The number of carboxylic acids is 1. The highest BCUT2D eigenvalue weighted by atomic mass is 35.5. The fourth-order valence-electron chi connectivity index (χ4n) is 9.09. The molecule has 1 aliphatic heterocycles. The second-order valence-electron chi connectivity index (χ2n) is 22.3. The number of amides is 10. The molecule has 1 aliphatic rings. The molecule has 0 bridgehead atoms. The summed E-state index contributed by atoms with van der Waals surface area (Å²) in [5, 5.41) is 76.2. The van der Waals surface area contributed by atoms with Crippen molar-refractivity contribution in [1.29, 1.82) is 0 Å². The largest absolute Gasteiger partial charge is 0.479 e. The number of unbranched alkanes of at least 4 members (excludes halogenated alkanes) is 10. The van der Waals surface area contributed by atoms with Crippen LogP contribution in [0.3, 0.4) is 0 Å². The minimum absolute atomic E-state index is 0.144. The summed E-state index contributed by atoms with van der Waals surface area (Å²) in [6.45, 7) is 3.60. The van der Waals surface area contributed by atoms with E-state index in [4.69, 9.17) is 33.5 Å². The number of hydrogen-bond donors (Lipinski definition) is 18. The van der Waals surface area contributed by atoms with Crippen LogP contribution < -0.4 is 70.4 Å². The molecular weight excluding hydrogens is 1200 g/mol. The predicted molar refractivity (Wildman–Crippen MR) is 328 cm³/mol. The van der Waals surface area contributed by atoms with Crippen molar-refractivity contribution in [3.05, 3.63) is 11.8 Å². The Bertz CT molecular complexity index is 2340. The molecule has 10 amide bonds. The van der Waals surface area contributed by atoms with Crippen LogP contribution in [0.1, 0.15) is 143 Å². The molecule has 0 aromatic rings. The predicted octanol–water partition coefficient (Wildman–Crippen LogP) is -4.79. The number of rotatable bonds is 33. The number of halogens is 1. The Kier molecular flexibility index (Phi) is 41.2. The quantitative estimate of drug-likeness (QED) is 0.0127. The molecule has 1 heterocycles. The summed E-state index contributed by atoms with van der Waals surface area (Å²) in [5.41, 5.74) is 16.7. The van der Waals surface area contributed by atoms with E-state index >= 15 is 0 Å². The van der Waals surface area contributed by atoms with E-state index in [1.54, 1.807) is 0 Å². The van der Waals surface area contributed by atoms with Crippen LogP contribution in [0.15, 0.2) is 11.8 Å². The van der Waals surface area contributed by atoms with Gasteiger partial charge in [-0.2, -0.15) is 0 Å².